The van der Waals surface area contributed by atoms with Crippen LogP contribution in [-0.2, 0) is 16.8 Å². The maximum Gasteiger partial charge on any atom is 0.282 e. The van der Waals surface area contributed by atoms with Crippen molar-refractivity contribution in [3.05, 3.63) is 30.1 Å². The van der Waals surface area contributed by atoms with Gasteiger partial charge in [-0.2, -0.15) is 17.0 Å². The standard InChI is InChI=1S/C13H20ClN3O2S/c1-16(11-13-4-2-3-7-15-13)20(18,19)17-8-5-12(10-14)6-9-17/h2-4,7,12H,5-6,8-11H2,1H3. The average molecular weight is 318 g/mol. The highest BCUT2D eigenvalue weighted by Gasteiger charge is 2.30. The Bertz CT molecular complexity index is 516. The lowest BCUT2D eigenvalue weighted by Crippen LogP contribution is -2.45. The molecule has 1 saturated heterocycles. The predicted octanol–water partition coefficient (Wildman–Crippen LogP) is 1.71. The van der Waals surface area contributed by atoms with Crippen molar-refractivity contribution in [1.82, 2.24) is 13.6 Å². The van der Waals surface area contributed by atoms with Gasteiger partial charge in [-0.25, -0.2) is 0 Å². The topological polar surface area (TPSA) is 53.5 Å². The molecular formula is C13H20ClN3O2S. The van der Waals surface area contributed by atoms with Crippen LogP contribution < -0.4 is 0 Å². The molecule has 0 saturated carbocycles. The molecule has 2 rings (SSSR count). The summed E-state index contributed by atoms with van der Waals surface area (Å²) in [6.45, 7) is 1.39. The van der Waals surface area contributed by atoms with Gasteiger partial charge in [0, 0.05) is 32.2 Å². The minimum atomic E-state index is -3.41. The van der Waals surface area contributed by atoms with E-state index in [0.29, 0.717) is 31.4 Å². The van der Waals surface area contributed by atoms with Crippen molar-refractivity contribution in [1.29, 1.82) is 0 Å². The largest absolute Gasteiger partial charge is 0.282 e. The van der Waals surface area contributed by atoms with Gasteiger partial charge in [0.2, 0.25) is 0 Å². The third-order valence-electron chi connectivity index (χ3n) is 3.62. The first-order valence-electron chi connectivity index (χ1n) is 6.71. The van der Waals surface area contributed by atoms with Crippen molar-refractivity contribution in [2.45, 2.75) is 19.4 Å². The average Bonchev–Trinajstić information content (AvgIpc) is 2.48. The number of aromatic nitrogens is 1. The Morgan fingerprint density at radius 3 is 2.65 bits per heavy atom. The third-order valence-corrected chi connectivity index (χ3v) is 5.99. The Morgan fingerprint density at radius 2 is 2.10 bits per heavy atom. The van der Waals surface area contributed by atoms with Crippen LogP contribution in [0, 0.1) is 5.92 Å². The van der Waals surface area contributed by atoms with Gasteiger partial charge in [-0.15, -0.1) is 11.6 Å². The summed E-state index contributed by atoms with van der Waals surface area (Å²) in [5.74, 6) is 1.04. The van der Waals surface area contributed by atoms with Gasteiger partial charge in [0.05, 0.1) is 12.2 Å². The van der Waals surface area contributed by atoms with Gasteiger partial charge < -0.3 is 0 Å². The van der Waals surface area contributed by atoms with E-state index in [1.165, 1.54) is 4.31 Å². The Morgan fingerprint density at radius 1 is 1.40 bits per heavy atom. The quantitative estimate of drug-likeness (QED) is 0.777. The number of alkyl halides is 1. The molecule has 0 amide bonds. The van der Waals surface area contributed by atoms with Crippen LogP contribution in [0.1, 0.15) is 18.5 Å². The van der Waals surface area contributed by atoms with Crippen molar-refractivity contribution in [3.8, 4) is 0 Å². The van der Waals surface area contributed by atoms with Crippen LogP contribution in [0.15, 0.2) is 24.4 Å². The molecule has 1 aromatic rings. The molecule has 112 valence electrons. The van der Waals surface area contributed by atoms with Crippen molar-refractivity contribution in [2.24, 2.45) is 5.92 Å². The van der Waals surface area contributed by atoms with Gasteiger partial charge in [-0.3, -0.25) is 4.98 Å². The lowest BCUT2D eigenvalue weighted by molar-refractivity contribution is 0.271. The molecule has 1 aromatic heterocycles. The Labute approximate surface area is 125 Å². The van der Waals surface area contributed by atoms with E-state index >= 15 is 0 Å². The number of pyridine rings is 1. The van der Waals surface area contributed by atoms with Crippen molar-refractivity contribution < 1.29 is 8.42 Å². The molecule has 5 nitrogen and oxygen atoms in total. The molecule has 0 atom stereocenters. The number of hydrogen-bond donors (Lipinski definition) is 0. The van der Waals surface area contributed by atoms with Gasteiger partial charge in [-0.1, -0.05) is 6.07 Å². The van der Waals surface area contributed by atoms with Crippen LogP contribution in [0.25, 0.3) is 0 Å². The fourth-order valence-corrected chi connectivity index (χ4v) is 3.96. The Balaban J connectivity index is 1.99. The monoisotopic (exact) mass is 317 g/mol. The first-order chi connectivity index (χ1) is 9.54. The van der Waals surface area contributed by atoms with Gasteiger partial charge in [-0.05, 0) is 30.9 Å². The molecule has 1 aliphatic heterocycles. The summed E-state index contributed by atoms with van der Waals surface area (Å²) in [5.41, 5.74) is 0.745. The maximum atomic E-state index is 12.5. The number of piperidine rings is 1. The summed E-state index contributed by atoms with van der Waals surface area (Å²) in [5, 5.41) is 0. The van der Waals surface area contributed by atoms with E-state index in [4.69, 9.17) is 11.6 Å². The number of rotatable bonds is 5. The molecule has 1 fully saturated rings. The van der Waals surface area contributed by atoms with Gasteiger partial charge >= 0.3 is 0 Å². The zero-order chi connectivity index (χ0) is 14.6. The van der Waals surface area contributed by atoms with Crippen LogP contribution >= 0.6 is 11.6 Å². The first-order valence-corrected chi connectivity index (χ1v) is 8.64. The Kier molecular flexibility index (Phi) is 5.37. The van der Waals surface area contributed by atoms with E-state index in [9.17, 15) is 8.42 Å². The number of nitrogens with zero attached hydrogens (tertiary/aromatic N) is 3. The molecule has 0 spiro atoms. The van der Waals surface area contributed by atoms with Crippen molar-refractivity contribution in [2.75, 3.05) is 26.0 Å². The number of hydrogen-bond acceptors (Lipinski definition) is 3. The fraction of sp³-hybridized carbons (Fsp3) is 0.615. The van der Waals surface area contributed by atoms with E-state index in [1.807, 2.05) is 18.2 Å². The molecule has 0 aromatic carbocycles. The molecule has 2 heterocycles. The van der Waals surface area contributed by atoms with E-state index < -0.39 is 10.2 Å². The van der Waals surface area contributed by atoms with E-state index in [-0.39, 0.29) is 0 Å². The summed E-state index contributed by atoms with van der Waals surface area (Å²) < 4.78 is 27.9. The minimum Gasteiger partial charge on any atom is -0.260 e. The van der Waals surface area contributed by atoms with E-state index in [2.05, 4.69) is 4.98 Å². The Hall–Kier alpha value is -0.690. The van der Waals surface area contributed by atoms with Crippen LogP contribution in [0.5, 0.6) is 0 Å². The van der Waals surface area contributed by atoms with Gasteiger partial charge in [0.15, 0.2) is 0 Å². The normalized spacial score (nSPS) is 18.6. The molecule has 0 aliphatic carbocycles. The second kappa shape index (κ2) is 6.85. The zero-order valence-electron chi connectivity index (χ0n) is 11.6. The lowest BCUT2D eigenvalue weighted by atomic mass is 10.0. The SMILES string of the molecule is CN(Cc1ccccn1)S(=O)(=O)N1CCC(CCl)CC1. The summed E-state index contributed by atoms with van der Waals surface area (Å²) >= 11 is 5.83. The summed E-state index contributed by atoms with van der Waals surface area (Å²) in [6, 6.07) is 5.50. The fourth-order valence-electron chi connectivity index (χ4n) is 2.29. The van der Waals surface area contributed by atoms with Crippen molar-refractivity contribution in [3.63, 3.8) is 0 Å². The summed E-state index contributed by atoms with van der Waals surface area (Å²) in [4.78, 5) is 4.16. The smallest absolute Gasteiger partial charge is 0.260 e. The molecule has 0 bridgehead atoms. The molecular weight excluding hydrogens is 298 g/mol. The molecule has 0 N–H and O–H groups in total. The predicted molar refractivity (Wildman–Crippen MR) is 79.6 cm³/mol. The highest BCUT2D eigenvalue weighted by atomic mass is 35.5. The van der Waals surface area contributed by atoms with Gasteiger partial charge in [0.25, 0.3) is 10.2 Å². The summed E-state index contributed by atoms with van der Waals surface area (Å²) in [7, 11) is -1.81. The van der Waals surface area contributed by atoms with Gasteiger partial charge in [0.1, 0.15) is 0 Å². The summed E-state index contributed by atoms with van der Waals surface area (Å²) in [6.07, 6.45) is 3.34. The zero-order valence-corrected chi connectivity index (χ0v) is 13.1. The maximum absolute atomic E-state index is 12.5. The highest BCUT2D eigenvalue weighted by Crippen LogP contribution is 2.22. The second-order valence-corrected chi connectivity index (χ2v) is 7.43. The van der Waals surface area contributed by atoms with E-state index in [1.54, 1.807) is 17.5 Å². The molecule has 0 unspecified atom stereocenters. The van der Waals surface area contributed by atoms with Crippen LogP contribution in [0.4, 0.5) is 0 Å². The molecule has 0 radical (unpaired) electrons. The van der Waals surface area contributed by atoms with Crippen LogP contribution in [0.2, 0.25) is 0 Å². The molecule has 7 heteroatoms. The lowest BCUT2D eigenvalue weighted by Gasteiger charge is -2.33. The number of halogens is 1. The third kappa shape index (κ3) is 3.69. The first kappa shape index (κ1) is 15.7. The van der Waals surface area contributed by atoms with Crippen LogP contribution in [-0.4, -0.2) is 48.0 Å². The molecule has 1 aliphatic rings. The molecule has 20 heavy (non-hydrogen) atoms. The van der Waals surface area contributed by atoms with Crippen molar-refractivity contribution >= 4 is 21.8 Å². The second-order valence-electron chi connectivity index (χ2n) is 5.08. The minimum absolute atomic E-state index is 0.290. The van der Waals surface area contributed by atoms with Crippen LogP contribution in [0.3, 0.4) is 0 Å². The van der Waals surface area contributed by atoms with E-state index in [0.717, 1.165) is 18.5 Å². The highest BCUT2D eigenvalue weighted by molar-refractivity contribution is 7.86.